The Morgan fingerprint density at radius 1 is 1.36 bits per heavy atom. The van der Waals surface area contributed by atoms with Crippen molar-refractivity contribution in [3.8, 4) is 0 Å². The zero-order chi connectivity index (χ0) is 18.1. The smallest absolute Gasteiger partial charge is 0.308 e. The molecular formula is C17H23N3O4S. The van der Waals surface area contributed by atoms with Crippen LogP contribution < -0.4 is 5.32 Å². The molecular weight excluding hydrogens is 342 g/mol. The van der Waals surface area contributed by atoms with Crippen molar-refractivity contribution in [2.45, 2.75) is 33.1 Å². The van der Waals surface area contributed by atoms with E-state index in [2.05, 4.69) is 10.3 Å². The van der Waals surface area contributed by atoms with Gasteiger partial charge >= 0.3 is 5.97 Å². The second-order valence-electron chi connectivity index (χ2n) is 7.21. The fraction of sp³-hybridized carbons (Fsp3) is 0.647. The average Bonchev–Trinajstić information content (AvgIpc) is 3.13. The number of anilines is 1. The van der Waals surface area contributed by atoms with Crippen LogP contribution in [0, 0.1) is 23.7 Å². The molecule has 1 saturated heterocycles. The molecule has 0 bridgehead atoms. The normalized spacial score (nSPS) is 23.1. The van der Waals surface area contributed by atoms with Crippen LogP contribution in [0.2, 0.25) is 0 Å². The minimum atomic E-state index is -0.806. The SMILES string of the molecule is CC(C)C(=O)Nc1nc(CC(=O)N2C[C@H](C(=O)O)[C@@H](C3CC3)C2)cs1. The van der Waals surface area contributed by atoms with E-state index in [0.29, 0.717) is 23.3 Å². The Bertz CT molecular complexity index is 683. The maximum atomic E-state index is 12.5. The van der Waals surface area contributed by atoms with Crippen LogP contribution in [-0.2, 0) is 20.8 Å². The van der Waals surface area contributed by atoms with Crippen LogP contribution in [0.4, 0.5) is 5.13 Å². The summed E-state index contributed by atoms with van der Waals surface area (Å²) in [7, 11) is 0. The molecule has 2 aliphatic rings. The average molecular weight is 365 g/mol. The van der Waals surface area contributed by atoms with Gasteiger partial charge in [0.05, 0.1) is 18.0 Å². The first-order valence-electron chi connectivity index (χ1n) is 8.61. The van der Waals surface area contributed by atoms with Crippen molar-refractivity contribution in [2.75, 3.05) is 18.4 Å². The van der Waals surface area contributed by atoms with E-state index in [1.807, 2.05) is 0 Å². The molecule has 3 rings (SSSR count). The number of rotatable bonds is 6. The van der Waals surface area contributed by atoms with Gasteiger partial charge in [0, 0.05) is 24.4 Å². The van der Waals surface area contributed by atoms with E-state index in [1.54, 1.807) is 24.1 Å². The van der Waals surface area contributed by atoms with Crippen molar-refractivity contribution in [3.05, 3.63) is 11.1 Å². The highest BCUT2D eigenvalue weighted by Crippen LogP contribution is 2.44. The molecule has 0 spiro atoms. The molecule has 1 aliphatic carbocycles. The standard InChI is InChI=1S/C17H23N3O4S/c1-9(2)15(22)19-17-18-11(8-25-17)5-14(21)20-6-12(10-3-4-10)13(7-20)16(23)24/h8-10,12-13H,3-7H2,1-2H3,(H,23,24)(H,18,19,22)/t12-,13+/m1/s1. The molecule has 1 aromatic heterocycles. The van der Waals surface area contributed by atoms with Gasteiger partial charge in [0.25, 0.3) is 0 Å². The van der Waals surface area contributed by atoms with Crippen molar-refractivity contribution < 1.29 is 19.5 Å². The van der Waals surface area contributed by atoms with Gasteiger partial charge < -0.3 is 15.3 Å². The van der Waals surface area contributed by atoms with Crippen LogP contribution in [-0.4, -0.2) is 45.9 Å². The molecule has 2 atom stereocenters. The second-order valence-corrected chi connectivity index (χ2v) is 8.07. The van der Waals surface area contributed by atoms with Gasteiger partial charge in [-0.15, -0.1) is 11.3 Å². The van der Waals surface area contributed by atoms with Crippen LogP contribution in [0.15, 0.2) is 5.38 Å². The van der Waals surface area contributed by atoms with E-state index in [0.717, 1.165) is 12.8 Å². The largest absolute Gasteiger partial charge is 0.481 e. The van der Waals surface area contributed by atoms with Crippen LogP contribution in [0.1, 0.15) is 32.4 Å². The third-order valence-electron chi connectivity index (χ3n) is 4.90. The molecule has 2 heterocycles. The Morgan fingerprint density at radius 2 is 2.08 bits per heavy atom. The summed E-state index contributed by atoms with van der Waals surface area (Å²) in [6, 6.07) is 0. The first kappa shape index (κ1) is 17.8. The lowest BCUT2D eigenvalue weighted by Crippen LogP contribution is -2.31. The number of aromatic nitrogens is 1. The van der Waals surface area contributed by atoms with Gasteiger partial charge in [0.1, 0.15) is 0 Å². The highest BCUT2D eigenvalue weighted by molar-refractivity contribution is 7.13. The molecule has 2 amide bonds. The minimum absolute atomic E-state index is 0.0813. The fourth-order valence-corrected chi connectivity index (χ4v) is 3.97. The summed E-state index contributed by atoms with van der Waals surface area (Å²) in [6.07, 6.45) is 2.28. The minimum Gasteiger partial charge on any atom is -0.481 e. The number of likely N-dealkylation sites (tertiary alicyclic amines) is 1. The third-order valence-corrected chi connectivity index (χ3v) is 5.71. The molecule has 1 aliphatic heterocycles. The zero-order valence-electron chi connectivity index (χ0n) is 14.4. The fourth-order valence-electron chi connectivity index (χ4n) is 3.26. The first-order valence-corrected chi connectivity index (χ1v) is 9.49. The summed E-state index contributed by atoms with van der Waals surface area (Å²) in [6.45, 7) is 4.42. The van der Waals surface area contributed by atoms with Crippen molar-refractivity contribution in [1.82, 2.24) is 9.88 Å². The first-order chi connectivity index (χ1) is 11.8. The predicted molar refractivity (Wildman–Crippen MR) is 93.2 cm³/mol. The number of carbonyl (C=O) groups excluding carboxylic acids is 2. The van der Waals surface area contributed by atoms with Gasteiger partial charge in [-0.3, -0.25) is 14.4 Å². The number of amides is 2. The van der Waals surface area contributed by atoms with Gasteiger partial charge in [0.15, 0.2) is 5.13 Å². The number of thiazole rings is 1. The van der Waals surface area contributed by atoms with Crippen molar-refractivity contribution in [3.63, 3.8) is 0 Å². The molecule has 8 heteroatoms. The predicted octanol–water partition coefficient (Wildman–Crippen LogP) is 1.85. The number of hydrogen-bond donors (Lipinski definition) is 2. The summed E-state index contributed by atoms with van der Waals surface area (Å²) in [5.41, 5.74) is 0.607. The third kappa shape index (κ3) is 4.18. The van der Waals surface area contributed by atoms with Gasteiger partial charge in [-0.2, -0.15) is 0 Å². The monoisotopic (exact) mass is 365 g/mol. The molecule has 0 aromatic carbocycles. The van der Waals surface area contributed by atoms with Gasteiger partial charge in [-0.05, 0) is 24.7 Å². The van der Waals surface area contributed by atoms with Gasteiger partial charge in [-0.1, -0.05) is 13.8 Å². The van der Waals surface area contributed by atoms with Crippen LogP contribution in [0.5, 0.6) is 0 Å². The Kier molecular flexibility index (Phi) is 5.08. The van der Waals surface area contributed by atoms with Crippen LogP contribution >= 0.6 is 11.3 Å². The van der Waals surface area contributed by atoms with Crippen LogP contribution in [0.3, 0.4) is 0 Å². The highest BCUT2D eigenvalue weighted by Gasteiger charge is 2.46. The van der Waals surface area contributed by atoms with E-state index >= 15 is 0 Å². The lowest BCUT2D eigenvalue weighted by molar-refractivity contribution is -0.142. The molecule has 7 nitrogen and oxygen atoms in total. The van der Waals surface area contributed by atoms with E-state index in [1.165, 1.54) is 11.3 Å². The number of nitrogens with zero attached hydrogens (tertiary/aromatic N) is 2. The summed E-state index contributed by atoms with van der Waals surface area (Å²) in [5, 5.41) is 14.4. The highest BCUT2D eigenvalue weighted by atomic mass is 32.1. The lowest BCUT2D eigenvalue weighted by Gasteiger charge is -2.15. The topological polar surface area (TPSA) is 99.6 Å². The van der Waals surface area contributed by atoms with Crippen molar-refractivity contribution >= 4 is 34.3 Å². The molecule has 2 N–H and O–H groups in total. The molecule has 0 radical (unpaired) electrons. The molecule has 1 aromatic rings. The molecule has 1 saturated carbocycles. The number of carboxylic acids is 1. The van der Waals surface area contributed by atoms with E-state index < -0.39 is 11.9 Å². The number of aliphatic carboxylic acids is 1. The summed E-state index contributed by atoms with van der Waals surface area (Å²) >= 11 is 1.29. The molecule has 0 unspecified atom stereocenters. The quantitative estimate of drug-likeness (QED) is 0.801. The molecule has 136 valence electrons. The van der Waals surface area contributed by atoms with Crippen LogP contribution in [0.25, 0.3) is 0 Å². The number of carboxylic acid groups (broad SMARTS) is 1. The van der Waals surface area contributed by atoms with E-state index in [-0.39, 0.29) is 36.6 Å². The summed E-state index contributed by atoms with van der Waals surface area (Å²) in [5.74, 6) is -1.06. The van der Waals surface area contributed by atoms with E-state index in [9.17, 15) is 19.5 Å². The summed E-state index contributed by atoms with van der Waals surface area (Å²) in [4.78, 5) is 41.6. The second kappa shape index (κ2) is 7.11. The Balaban J connectivity index is 1.58. The van der Waals surface area contributed by atoms with Gasteiger partial charge in [-0.25, -0.2) is 4.98 Å². The van der Waals surface area contributed by atoms with Gasteiger partial charge in [0.2, 0.25) is 11.8 Å². The number of hydrogen-bond acceptors (Lipinski definition) is 5. The zero-order valence-corrected chi connectivity index (χ0v) is 15.2. The molecule has 25 heavy (non-hydrogen) atoms. The summed E-state index contributed by atoms with van der Waals surface area (Å²) < 4.78 is 0. The molecule has 2 fully saturated rings. The maximum Gasteiger partial charge on any atom is 0.308 e. The van der Waals surface area contributed by atoms with E-state index in [4.69, 9.17) is 0 Å². The lowest BCUT2D eigenvalue weighted by atomic mass is 9.92. The Hall–Kier alpha value is -1.96. The number of carbonyl (C=O) groups is 3. The van der Waals surface area contributed by atoms with Crippen molar-refractivity contribution in [2.24, 2.45) is 23.7 Å². The Morgan fingerprint density at radius 3 is 2.68 bits per heavy atom. The Labute approximate surface area is 150 Å². The maximum absolute atomic E-state index is 12.5. The van der Waals surface area contributed by atoms with Crippen molar-refractivity contribution in [1.29, 1.82) is 0 Å². The number of nitrogens with one attached hydrogen (secondary N) is 1.